The highest BCUT2D eigenvalue weighted by Gasteiger charge is 2.16. The molecule has 4 rings (SSSR count). The molecule has 0 atom stereocenters. The van der Waals surface area contributed by atoms with Crippen molar-refractivity contribution >= 4 is 0 Å². The molecule has 3 aromatic rings. The average Bonchev–Trinajstić information content (AvgIpc) is 2.92. The molecular formula is C30H38N2O3. The molecule has 1 aliphatic rings. The van der Waals surface area contributed by atoms with Crippen molar-refractivity contribution in [1.29, 1.82) is 0 Å². The first-order valence-electron chi connectivity index (χ1n) is 12.8. The van der Waals surface area contributed by atoms with Gasteiger partial charge in [-0.15, -0.1) is 0 Å². The number of nitrogens with zero attached hydrogens (tertiary/aromatic N) is 2. The normalized spacial score (nSPS) is 14.5. The van der Waals surface area contributed by atoms with Gasteiger partial charge in [-0.05, 0) is 60.7 Å². The summed E-state index contributed by atoms with van der Waals surface area (Å²) in [6, 6.07) is 26.8. The van der Waals surface area contributed by atoms with Gasteiger partial charge in [0.25, 0.3) is 0 Å². The van der Waals surface area contributed by atoms with Crippen molar-refractivity contribution in [2.45, 2.75) is 19.3 Å². The number of para-hydroxylation sites is 2. The number of hydrogen-bond donors (Lipinski definition) is 0. The summed E-state index contributed by atoms with van der Waals surface area (Å²) in [4.78, 5) is 5.04. The smallest absolute Gasteiger partial charge is 0.122 e. The van der Waals surface area contributed by atoms with Crippen LogP contribution in [0.4, 0.5) is 0 Å². The summed E-state index contributed by atoms with van der Waals surface area (Å²) in [5.74, 6) is 2.88. The van der Waals surface area contributed by atoms with Crippen LogP contribution in [-0.2, 0) is 12.8 Å². The van der Waals surface area contributed by atoms with Gasteiger partial charge in [-0.25, -0.2) is 0 Å². The summed E-state index contributed by atoms with van der Waals surface area (Å²) in [6.45, 7) is 8.00. The third-order valence-electron chi connectivity index (χ3n) is 6.55. The van der Waals surface area contributed by atoms with Crippen molar-refractivity contribution in [3.63, 3.8) is 0 Å². The van der Waals surface area contributed by atoms with E-state index in [-0.39, 0.29) is 0 Å². The van der Waals surface area contributed by atoms with Crippen LogP contribution in [0.1, 0.15) is 17.5 Å². The van der Waals surface area contributed by atoms with E-state index in [1.54, 1.807) is 7.11 Å². The van der Waals surface area contributed by atoms with Gasteiger partial charge in [-0.2, -0.15) is 0 Å². The molecule has 0 saturated carbocycles. The van der Waals surface area contributed by atoms with E-state index < -0.39 is 0 Å². The molecule has 0 aromatic heterocycles. The second kappa shape index (κ2) is 13.8. The first-order valence-corrected chi connectivity index (χ1v) is 12.8. The van der Waals surface area contributed by atoms with Gasteiger partial charge in [-0.1, -0.05) is 48.5 Å². The quantitative estimate of drug-likeness (QED) is 0.328. The van der Waals surface area contributed by atoms with E-state index in [0.29, 0.717) is 0 Å². The largest absolute Gasteiger partial charge is 0.497 e. The summed E-state index contributed by atoms with van der Waals surface area (Å²) >= 11 is 0. The minimum absolute atomic E-state index is 0.745. The van der Waals surface area contributed by atoms with Crippen LogP contribution in [0.3, 0.4) is 0 Å². The summed E-state index contributed by atoms with van der Waals surface area (Å²) in [5, 5.41) is 0. The predicted molar refractivity (Wildman–Crippen MR) is 142 cm³/mol. The number of ether oxygens (including phenoxy) is 3. The fourth-order valence-electron chi connectivity index (χ4n) is 4.47. The zero-order valence-electron chi connectivity index (χ0n) is 20.9. The maximum atomic E-state index is 6.20. The minimum atomic E-state index is 0.745. The molecule has 3 aromatic carbocycles. The lowest BCUT2D eigenvalue weighted by Gasteiger charge is -2.34. The van der Waals surface area contributed by atoms with Gasteiger partial charge < -0.3 is 19.1 Å². The highest BCUT2D eigenvalue weighted by molar-refractivity contribution is 5.35. The summed E-state index contributed by atoms with van der Waals surface area (Å²) < 4.78 is 17.4. The van der Waals surface area contributed by atoms with Crippen molar-refractivity contribution in [3.05, 3.63) is 90.0 Å². The van der Waals surface area contributed by atoms with Crippen LogP contribution in [0.15, 0.2) is 78.9 Å². The monoisotopic (exact) mass is 474 g/mol. The van der Waals surface area contributed by atoms with Crippen molar-refractivity contribution < 1.29 is 14.2 Å². The standard InChI is InChI=1S/C30H38N2O3/c1-33-29-13-7-9-26(25-29)15-16-27-10-5-6-14-30(27)35-23-8-17-31-18-20-32(21-19-31)22-24-34-28-11-3-2-4-12-28/h2-7,9-14,25H,8,15-24H2,1H3. The molecule has 0 unspecified atom stereocenters. The maximum Gasteiger partial charge on any atom is 0.122 e. The van der Waals surface area contributed by atoms with E-state index in [9.17, 15) is 0 Å². The number of hydrogen-bond acceptors (Lipinski definition) is 5. The van der Waals surface area contributed by atoms with Gasteiger partial charge in [0.2, 0.25) is 0 Å². The summed E-state index contributed by atoms with van der Waals surface area (Å²) in [5.41, 5.74) is 2.55. The fraction of sp³-hybridized carbons (Fsp3) is 0.400. The second-order valence-electron chi connectivity index (χ2n) is 9.01. The molecule has 0 spiro atoms. The van der Waals surface area contributed by atoms with Gasteiger partial charge in [0.1, 0.15) is 23.9 Å². The third kappa shape index (κ3) is 8.30. The Labute approximate surface area is 210 Å². The first kappa shape index (κ1) is 25.1. The van der Waals surface area contributed by atoms with Crippen LogP contribution in [-0.4, -0.2) is 69.4 Å². The van der Waals surface area contributed by atoms with Crippen LogP contribution >= 0.6 is 0 Å². The summed E-state index contributed by atoms with van der Waals surface area (Å²) in [7, 11) is 1.71. The molecule has 186 valence electrons. The predicted octanol–water partition coefficient (Wildman–Crippen LogP) is 4.95. The van der Waals surface area contributed by atoms with Crippen LogP contribution in [0.25, 0.3) is 0 Å². The Balaban J connectivity index is 1.12. The van der Waals surface area contributed by atoms with Crippen molar-refractivity contribution in [1.82, 2.24) is 9.80 Å². The molecular weight excluding hydrogens is 436 g/mol. The zero-order chi connectivity index (χ0) is 24.1. The third-order valence-corrected chi connectivity index (χ3v) is 6.55. The lowest BCUT2D eigenvalue weighted by molar-refractivity contribution is 0.112. The molecule has 0 bridgehead atoms. The lowest BCUT2D eigenvalue weighted by Crippen LogP contribution is -2.47. The SMILES string of the molecule is COc1cccc(CCc2ccccc2OCCCN2CCN(CCOc3ccccc3)CC2)c1. The fourth-order valence-corrected chi connectivity index (χ4v) is 4.47. The Bertz CT molecular complexity index is 1000. The molecule has 1 aliphatic heterocycles. The van der Waals surface area contributed by atoms with Gasteiger partial charge in [-0.3, -0.25) is 4.90 Å². The summed E-state index contributed by atoms with van der Waals surface area (Å²) in [6.07, 6.45) is 2.97. The molecule has 0 amide bonds. The van der Waals surface area contributed by atoms with Crippen LogP contribution in [0.5, 0.6) is 17.2 Å². The van der Waals surface area contributed by atoms with Crippen LogP contribution < -0.4 is 14.2 Å². The molecule has 0 radical (unpaired) electrons. The second-order valence-corrected chi connectivity index (χ2v) is 9.01. The number of benzene rings is 3. The molecule has 5 heteroatoms. The van der Waals surface area contributed by atoms with Crippen LogP contribution in [0, 0.1) is 0 Å². The van der Waals surface area contributed by atoms with E-state index in [1.807, 2.05) is 36.4 Å². The van der Waals surface area contributed by atoms with Crippen molar-refractivity contribution in [2.24, 2.45) is 0 Å². The highest BCUT2D eigenvalue weighted by atomic mass is 16.5. The first-order chi connectivity index (χ1) is 17.3. The van der Waals surface area contributed by atoms with E-state index in [1.165, 1.54) is 11.1 Å². The zero-order valence-corrected chi connectivity index (χ0v) is 20.9. The number of piperazine rings is 1. The molecule has 1 heterocycles. The highest BCUT2D eigenvalue weighted by Crippen LogP contribution is 2.21. The van der Waals surface area contributed by atoms with Gasteiger partial charge in [0.15, 0.2) is 0 Å². The number of rotatable bonds is 13. The lowest BCUT2D eigenvalue weighted by atomic mass is 10.0. The van der Waals surface area contributed by atoms with Gasteiger partial charge >= 0.3 is 0 Å². The van der Waals surface area contributed by atoms with Crippen molar-refractivity contribution in [2.75, 3.05) is 59.6 Å². The minimum Gasteiger partial charge on any atom is -0.497 e. The average molecular weight is 475 g/mol. The molecule has 0 N–H and O–H groups in total. The van der Waals surface area contributed by atoms with E-state index in [2.05, 4.69) is 52.3 Å². The number of aryl methyl sites for hydroxylation is 2. The number of methoxy groups -OCH3 is 1. The van der Waals surface area contributed by atoms with Crippen LogP contribution in [0.2, 0.25) is 0 Å². The Morgan fingerprint density at radius 3 is 2.17 bits per heavy atom. The molecule has 35 heavy (non-hydrogen) atoms. The Hall–Kier alpha value is -3.02. The van der Waals surface area contributed by atoms with E-state index >= 15 is 0 Å². The van der Waals surface area contributed by atoms with Crippen molar-refractivity contribution in [3.8, 4) is 17.2 Å². The van der Waals surface area contributed by atoms with E-state index in [4.69, 9.17) is 14.2 Å². The van der Waals surface area contributed by atoms with Gasteiger partial charge in [0, 0.05) is 39.3 Å². The maximum absolute atomic E-state index is 6.20. The van der Waals surface area contributed by atoms with Gasteiger partial charge in [0.05, 0.1) is 13.7 Å². The molecule has 5 nitrogen and oxygen atoms in total. The Kier molecular flexibility index (Phi) is 9.86. The molecule has 1 fully saturated rings. The molecule has 0 aliphatic carbocycles. The van der Waals surface area contributed by atoms with E-state index in [0.717, 1.165) is 89.0 Å². The topological polar surface area (TPSA) is 34.2 Å². The Morgan fingerprint density at radius 1 is 0.657 bits per heavy atom. The Morgan fingerprint density at radius 2 is 1.37 bits per heavy atom. The molecule has 1 saturated heterocycles.